The predicted octanol–water partition coefficient (Wildman–Crippen LogP) is 5.06. The summed E-state index contributed by atoms with van der Waals surface area (Å²) in [5.74, 6) is 2.27. The molecule has 0 saturated carbocycles. The molecule has 3 aromatic rings. The monoisotopic (exact) mass is 394 g/mol. The molecule has 1 aliphatic rings. The van der Waals surface area contributed by atoms with Crippen molar-refractivity contribution in [3.63, 3.8) is 0 Å². The van der Waals surface area contributed by atoms with Gasteiger partial charge in [-0.15, -0.1) is 0 Å². The van der Waals surface area contributed by atoms with Crippen molar-refractivity contribution in [3.05, 3.63) is 95.1 Å². The quantitative estimate of drug-likeness (QED) is 0.560. The Balaban J connectivity index is 1.36. The molecule has 5 heteroatoms. The zero-order valence-corrected chi connectivity index (χ0v) is 16.7. The van der Waals surface area contributed by atoms with Crippen LogP contribution in [0.4, 0.5) is 4.39 Å². The summed E-state index contributed by atoms with van der Waals surface area (Å²) in [6.45, 7) is 3.52. The number of thioether (sulfide) groups is 1. The molecule has 0 fully saturated rings. The first-order valence-corrected chi connectivity index (χ1v) is 10.6. The van der Waals surface area contributed by atoms with Gasteiger partial charge < -0.3 is 9.30 Å². The van der Waals surface area contributed by atoms with E-state index in [1.165, 1.54) is 23.3 Å². The topological polar surface area (TPSA) is 26.5 Å². The number of aryl methyl sites for hydroxylation is 1. The van der Waals surface area contributed by atoms with Crippen molar-refractivity contribution in [2.24, 2.45) is 4.99 Å². The molecule has 0 saturated heterocycles. The maximum Gasteiger partial charge on any atom is 0.233 e. The Kier molecular flexibility index (Phi) is 5.81. The van der Waals surface area contributed by atoms with Crippen LogP contribution in [-0.4, -0.2) is 28.9 Å². The van der Waals surface area contributed by atoms with Crippen LogP contribution < -0.4 is 0 Å². The van der Waals surface area contributed by atoms with Gasteiger partial charge in [0.25, 0.3) is 0 Å². The summed E-state index contributed by atoms with van der Waals surface area (Å²) in [6, 6.07) is 19.5. The molecular weight excluding hydrogens is 371 g/mol. The second kappa shape index (κ2) is 8.65. The highest BCUT2D eigenvalue weighted by Gasteiger charge is 2.22. The van der Waals surface area contributed by atoms with Crippen molar-refractivity contribution in [1.29, 1.82) is 0 Å². The summed E-state index contributed by atoms with van der Waals surface area (Å²) in [6.07, 6.45) is 2.07. The summed E-state index contributed by atoms with van der Waals surface area (Å²) in [7, 11) is 0. The third kappa shape index (κ3) is 4.65. The van der Waals surface area contributed by atoms with Gasteiger partial charge in [0.15, 0.2) is 0 Å². The molecule has 0 spiro atoms. The first-order chi connectivity index (χ1) is 13.7. The summed E-state index contributed by atoms with van der Waals surface area (Å²) >= 11 is 1.80. The average molecular weight is 395 g/mol. The third-order valence-corrected chi connectivity index (χ3v) is 5.85. The molecule has 1 aliphatic heterocycles. The van der Waals surface area contributed by atoms with E-state index in [4.69, 9.17) is 9.73 Å². The average Bonchev–Trinajstić information content (AvgIpc) is 3.33. The highest BCUT2D eigenvalue weighted by molar-refractivity contribution is 7.98. The number of benzene rings is 2. The highest BCUT2D eigenvalue weighted by Crippen LogP contribution is 2.20. The lowest BCUT2D eigenvalue weighted by atomic mass is 10.1. The van der Waals surface area contributed by atoms with E-state index >= 15 is 0 Å². The zero-order valence-electron chi connectivity index (χ0n) is 15.8. The lowest BCUT2D eigenvalue weighted by Crippen LogP contribution is -2.11. The van der Waals surface area contributed by atoms with Gasteiger partial charge in [0, 0.05) is 24.2 Å². The van der Waals surface area contributed by atoms with Crippen molar-refractivity contribution in [2.45, 2.75) is 25.3 Å². The number of rotatable bonds is 7. The Morgan fingerprint density at radius 2 is 1.96 bits per heavy atom. The van der Waals surface area contributed by atoms with Crippen LogP contribution in [0.15, 0.2) is 71.9 Å². The maximum atomic E-state index is 13.0. The molecule has 4 rings (SSSR count). The summed E-state index contributed by atoms with van der Waals surface area (Å²) in [4.78, 5) is 4.79. The SMILES string of the molecule is Cc1cccc(Cn2cccc2C2=NC(CSCc3ccc(F)cc3)CO2)c1. The maximum absolute atomic E-state index is 13.0. The molecule has 1 unspecified atom stereocenters. The predicted molar refractivity (Wildman–Crippen MR) is 114 cm³/mol. The van der Waals surface area contributed by atoms with Crippen LogP contribution in [0.5, 0.6) is 0 Å². The van der Waals surface area contributed by atoms with Crippen molar-refractivity contribution in [2.75, 3.05) is 12.4 Å². The van der Waals surface area contributed by atoms with Crippen molar-refractivity contribution in [3.8, 4) is 0 Å². The van der Waals surface area contributed by atoms with Crippen molar-refractivity contribution < 1.29 is 9.13 Å². The lowest BCUT2D eigenvalue weighted by molar-refractivity contribution is 0.323. The standard InChI is InChI=1S/C23H23FN2OS/c1-17-4-2-5-19(12-17)13-26-11-3-6-22(26)23-25-21(14-27-23)16-28-15-18-7-9-20(24)10-8-18/h2-12,21H,13-16H2,1H3. The number of aromatic nitrogens is 1. The molecule has 0 N–H and O–H groups in total. The van der Waals surface area contributed by atoms with Gasteiger partial charge in [0.05, 0.1) is 6.04 Å². The van der Waals surface area contributed by atoms with E-state index in [-0.39, 0.29) is 11.9 Å². The fourth-order valence-corrected chi connectivity index (χ4v) is 4.28. The summed E-state index contributed by atoms with van der Waals surface area (Å²) < 4.78 is 21.1. The molecule has 1 aromatic heterocycles. The second-order valence-electron chi connectivity index (χ2n) is 7.05. The Morgan fingerprint density at radius 1 is 1.11 bits per heavy atom. The molecule has 2 aromatic carbocycles. The summed E-state index contributed by atoms with van der Waals surface area (Å²) in [5.41, 5.74) is 4.68. The van der Waals surface area contributed by atoms with Crippen LogP contribution in [-0.2, 0) is 17.0 Å². The van der Waals surface area contributed by atoms with Gasteiger partial charge in [0.2, 0.25) is 5.90 Å². The normalized spacial score (nSPS) is 16.1. The van der Waals surface area contributed by atoms with E-state index in [0.29, 0.717) is 6.61 Å². The Bertz CT molecular complexity index is 965. The Labute approximate surface area is 169 Å². The molecule has 0 amide bonds. The van der Waals surface area contributed by atoms with Gasteiger partial charge in [-0.1, -0.05) is 42.0 Å². The number of halogens is 1. The molecule has 0 radical (unpaired) electrons. The van der Waals surface area contributed by atoms with Crippen LogP contribution >= 0.6 is 11.8 Å². The number of hydrogen-bond donors (Lipinski definition) is 0. The molecule has 1 atom stereocenters. The fraction of sp³-hybridized carbons (Fsp3) is 0.261. The molecule has 3 nitrogen and oxygen atoms in total. The Hall–Kier alpha value is -2.53. The van der Waals surface area contributed by atoms with Crippen molar-refractivity contribution >= 4 is 17.7 Å². The van der Waals surface area contributed by atoms with Crippen LogP contribution in [0, 0.1) is 12.7 Å². The minimum atomic E-state index is -0.194. The molecule has 0 bridgehead atoms. The smallest absolute Gasteiger partial charge is 0.233 e. The molecule has 2 heterocycles. The van der Waals surface area contributed by atoms with Crippen LogP contribution in [0.3, 0.4) is 0 Å². The van der Waals surface area contributed by atoms with Gasteiger partial charge in [0.1, 0.15) is 18.1 Å². The van der Waals surface area contributed by atoms with Gasteiger partial charge in [-0.2, -0.15) is 11.8 Å². The lowest BCUT2D eigenvalue weighted by Gasteiger charge is -2.09. The number of aliphatic imine (C=N–C) groups is 1. The molecule has 28 heavy (non-hydrogen) atoms. The minimum absolute atomic E-state index is 0.155. The van der Waals surface area contributed by atoms with Gasteiger partial charge in [-0.3, -0.25) is 0 Å². The van der Waals surface area contributed by atoms with Gasteiger partial charge >= 0.3 is 0 Å². The first kappa shape index (κ1) is 18.8. The number of hydrogen-bond acceptors (Lipinski definition) is 3. The first-order valence-electron chi connectivity index (χ1n) is 9.41. The highest BCUT2D eigenvalue weighted by atomic mass is 32.2. The third-order valence-electron chi connectivity index (χ3n) is 4.69. The largest absolute Gasteiger partial charge is 0.474 e. The fourth-order valence-electron chi connectivity index (χ4n) is 3.29. The van der Waals surface area contributed by atoms with Gasteiger partial charge in [-0.05, 0) is 42.3 Å². The Morgan fingerprint density at radius 3 is 2.79 bits per heavy atom. The summed E-state index contributed by atoms with van der Waals surface area (Å²) in [5, 5.41) is 0. The van der Waals surface area contributed by atoms with E-state index in [0.717, 1.165) is 35.2 Å². The van der Waals surface area contributed by atoms with Crippen molar-refractivity contribution in [1.82, 2.24) is 4.57 Å². The minimum Gasteiger partial charge on any atom is -0.474 e. The van der Waals surface area contributed by atoms with E-state index in [9.17, 15) is 4.39 Å². The van der Waals surface area contributed by atoms with E-state index < -0.39 is 0 Å². The van der Waals surface area contributed by atoms with Crippen LogP contribution in [0.25, 0.3) is 0 Å². The van der Waals surface area contributed by atoms with Crippen LogP contribution in [0.1, 0.15) is 22.4 Å². The number of ether oxygens (including phenoxy) is 1. The number of nitrogens with zero attached hydrogens (tertiary/aromatic N) is 2. The van der Waals surface area contributed by atoms with Crippen LogP contribution in [0.2, 0.25) is 0 Å². The van der Waals surface area contributed by atoms with E-state index in [1.807, 2.05) is 18.2 Å². The van der Waals surface area contributed by atoms with E-state index in [1.54, 1.807) is 11.8 Å². The second-order valence-corrected chi connectivity index (χ2v) is 8.08. The molecular formula is C23H23FN2OS. The van der Waals surface area contributed by atoms with Gasteiger partial charge in [-0.25, -0.2) is 9.38 Å². The molecule has 0 aliphatic carbocycles. The van der Waals surface area contributed by atoms with E-state index in [2.05, 4.69) is 48.0 Å². The molecule has 144 valence electrons. The zero-order chi connectivity index (χ0) is 19.3.